The van der Waals surface area contributed by atoms with Crippen molar-refractivity contribution in [1.82, 2.24) is 44.9 Å². The number of fused-ring (bicyclic) bond motifs is 2. The Morgan fingerprint density at radius 3 is 2.33 bits per heavy atom. The number of aryl methyl sites for hydroxylation is 2. The molecule has 0 radical (unpaired) electrons. The molecular formula is C54H65ClF2N12O3. The van der Waals surface area contributed by atoms with Gasteiger partial charge in [-0.3, -0.25) is 23.9 Å². The number of aromatic nitrogens is 6. The molecular weight excluding hydrogens is 938 g/mol. The third kappa shape index (κ3) is 10.3. The summed E-state index contributed by atoms with van der Waals surface area (Å²) in [6.07, 6.45) is 12.3. The molecule has 18 heteroatoms. The van der Waals surface area contributed by atoms with Crippen molar-refractivity contribution < 1.29 is 23.1 Å². The Morgan fingerprint density at radius 2 is 1.68 bits per heavy atom. The second-order valence-corrected chi connectivity index (χ2v) is 21.1. The molecule has 0 spiro atoms. The second kappa shape index (κ2) is 21.2. The topological polar surface area (TPSA) is 154 Å². The van der Waals surface area contributed by atoms with Crippen LogP contribution in [0, 0.1) is 11.3 Å². The first kappa shape index (κ1) is 49.5. The van der Waals surface area contributed by atoms with Crippen LogP contribution >= 0.6 is 11.6 Å². The Kier molecular flexibility index (Phi) is 14.5. The van der Waals surface area contributed by atoms with Gasteiger partial charge in [-0.1, -0.05) is 11.6 Å². The van der Waals surface area contributed by atoms with E-state index in [1.165, 1.54) is 5.69 Å². The second-order valence-electron chi connectivity index (χ2n) is 20.7. The first-order chi connectivity index (χ1) is 34.8. The van der Waals surface area contributed by atoms with Crippen LogP contribution in [0.25, 0.3) is 11.1 Å². The van der Waals surface area contributed by atoms with Crippen LogP contribution in [-0.2, 0) is 31.2 Å². The number of benzene rings is 2. The van der Waals surface area contributed by atoms with E-state index in [0.717, 1.165) is 119 Å². The number of anilines is 3. The molecule has 6 heterocycles. The molecule has 380 valence electrons. The lowest BCUT2D eigenvalue weighted by Crippen LogP contribution is -2.53. The van der Waals surface area contributed by atoms with Crippen molar-refractivity contribution in [3.63, 3.8) is 0 Å². The molecule has 0 atom stereocenters. The SMILES string of the molecule is CC(=O)N1CCc2c(c(N3CCCc4cc(-c5cnn(C)c5)c(C(F)F)cc43)nn2C2CCC(N(C(C)C)C3CCN(c4ccc(C(=O)NC5CCC(Oc6ccc(C#N)c(Cl)c6)CC5)nn4)CC3)CC2)C1. The lowest BCUT2D eigenvalue weighted by atomic mass is 9.87. The van der Waals surface area contributed by atoms with Crippen molar-refractivity contribution in [2.24, 2.45) is 7.05 Å². The molecule has 3 fully saturated rings. The predicted octanol–water partition coefficient (Wildman–Crippen LogP) is 9.51. The summed E-state index contributed by atoms with van der Waals surface area (Å²) in [6.45, 7) is 9.70. The first-order valence-electron chi connectivity index (χ1n) is 25.9. The molecule has 10 rings (SSSR count). The van der Waals surface area contributed by atoms with E-state index in [0.29, 0.717) is 77.3 Å². The Hall–Kier alpha value is -6.12. The Bertz CT molecular complexity index is 2800. The van der Waals surface area contributed by atoms with Gasteiger partial charge in [0.15, 0.2) is 17.3 Å². The van der Waals surface area contributed by atoms with Gasteiger partial charge in [0.2, 0.25) is 5.91 Å². The molecule has 2 aromatic carbocycles. The number of ether oxygens (including phenoxy) is 1. The van der Waals surface area contributed by atoms with E-state index in [4.69, 9.17) is 26.7 Å². The highest BCUT2D eigenvalue weighted by Crippen LogP contribution is 2.45. The van der Waals surface area contributed by atoms with E-state index in [2.05, 4.69) is 59.9 Å². The van der Waals surface area contributed by atoms with Crippen LogP contribution in [0.15, 0.2) is 54.9 Å². The van der Waals surface area contributed by atoms with E-state index in [1.54, 1.807) is 61.4 Å². The summed E-state index contributed by atoms with van der Waals surface area (Å²) < 4.78 is 39.7. The fraction of sp³-hybridized carbons (Fsp3) is 0.537. The average Bonchev–Trinajstić information content (AvgIpc) is 4.00. The maximum Gasteiger partial charge on any atom is 0.272 e. The van der Waals surface area contributed by atoms with Crippen molar-refractivity contribution in [1.29, 1.82) is 5.26 Å². The lowest BCUT2D eigenvalue weighted by Gasteiger charge is -2.47. The van der Waals surface area contributed by atoms with Crippen LogP contribution in [0.3, 0.4) is 0 Å². The zero-order valence-corrected chi connectivity index (χ0v) is 42.5. The molecule has 0 bridgehead atoms. The largest absolute Gasteiger partial charge is 0.490 e. The molecule has 2 saturated carbocycles. The van der Waals surface area contributed by atoms with Gasteiger partial charge in [-0.2, -0.15) is 15.5 Å². The highest BCUT2D eigenvalue weighted by atomic mass is 35.5. The van der Waals surface area contributed by atoms with Crippen LogP contribution in [0.1, 0.15) is 142 Å². The molecule has 3 aliphatic heterocycles. The minimum absolute atomic E-state index is 0.0117. The molecule has 15 nitrogen and oxygen atoms in total. The number of nitriles is 1. The third-order valence-corrected chi connectivity index (χ3v) is 16.2. The zero-order valence-electron chi connectivity index (χ0n) is 41.7. The highest BCUT2D eigenvalue weighted by Gasteiger charge is 2.38. The number of carbonyl (C=O) groups excluding carboxylic acids is 2. The number of alkyl halides is 2. The summed E-state index contributed by atoms with van der Waals surface area (Å²) in [6, 6.07) is 15.9. The summed E-state index contributed by atoms with van der Waals surface area (Å²) in [5, 5.41) is 31.3. The molecule has 2 aliphatic carbocycles. The summed E-state index contributed by atoms with van der Waals surface area (Å²) in [4.78, 5) is 35.1. The molecule has 1 saturated heterocycles. The van der Waals surface area contributed by atoms with Gasteiger partial charge in [0.25, 0.3) is 12.3 Å². The molecule has 3 aromatic heterocycles. The van der Waals surface area contributed by atoms with Gasteiger partial charge in [-0.25, -0.2) is 8.78 Å². The molecule has 5 aliphatic rings. The summed E-state index contributed by atoms with van der Waals surface area (Å²) in [5.74, 6) is 2.02. The number of carbonyl (C=O) groups is 2. The standard InChI is InChI=1S/C54H65ClF2N12O3/c1-33(2)68(40-19-23-65(24-20-40)51-18-17-48(61-62-51)54(71)60-38-8-15-42(16-9-38)72-43-14-7-36(29-58)47(55)27-43)39-10-12-41(13-11-39)69-49-21-25-66(34(3)70)32-46(49)53(63-69)67-22-5-6-35-26-44(37-30-59-64(4)31-37)45(52(56)57)28-50(35)67/h7,14,17-18,26-28,30-31,33,38-42,52H,5-6,8-13,15-16,19-25,32H2,1-4H3,(H,60,71). The van der Waals surface area contributed by atoms with Crippen molar-refractivity contribution in [2.45, 2.75) is 154 Å². The highest BCUT2D eigenvalue weighted by molar-refractivity contribution is 6.31. The molecule has 2 amide bonds. The number of nitrogens with zero attached hydrogens (tertiary/aromatic N) is 11. The van der Waals surface area contributed by atoms with Gasteiger partial charge in [0, 0.05) is 111 Å². The number of piperidine rings is 1. The number of hydrogen-bond donors (Lipinski definition) is 1. The smallest absolute Gasteiger partial charge is 0.272 e. The van der Waals surface area contributed by atoms with Crippen molar-refractivity contribution in [3.8, 4) is 22.9 Å². The minimum atomic E-state index is -2.66. The molecule has 0 unspecified atom stereocenters. The van der Waals surface area contributed by atoms with Gasteiger partial charge >= 0.3 is 0 Å². The Morgan fingerprint density at radius 1 is 0.917 bits per heavy atom. The fourth-order valence-electron chi connectivity index (χ4n) is 12.3. The average molecular weight is 1000 g/mol. The fourth-order valence-corrected chi connectivity index (χ4v) is 12.5. The van der Waals surface area contributed by atoms with Crippen LogP contribution in [0.5, 0.6) is 5.75 Å². The summed E-state index contributed by atoms with van der Waals surface area (Å²) >= 11 is 6.19. The normalized spacial score (nSPS) is 21.7. The Labute approximate surface area is 425 Å². The summed E-state index contributed by atoms with van der Waals surface area (Å²) in [5.41, 5.74) is 5.90. The number of hydrogen-bond acceptors (Lipinski definition) is 11. The number of rotatable bonds is 12. The number of halogens is 3. The van der Waals surface area contributed by atoms with Crippen LogP contribution < -0.4 is 19.9 Å². The van der Waals surface area contributed by atoms with Crippen molar-refractivity contribution in [2.75, 3.05) is 36.0 Å². The van der Waals surface area contributed by atoms with Crippen molar-refractivity contribution >= 4 is 40.7 Å². The van der Waals surface area contributed by atoms with E-state index < -0.39 is 6.43 Å². The number of amides is 2. The maximum atomic E-state index is 14.8. The van der Waals surface area contributed by atoms with E-state index >= 15 is 0 Å². The monoisotopic (exact) mass is 1000 g/mol. The van der Waals surface area contributed by atoms with Crippen LogP contribution in [0.2, 0.25) is 5.02 Å². The molecule has 72 heavy (non-hydrogen) atoms. The van der Waals surface area contributed by atoms with Gasteiger partial charge in [0.05, 0.1) is 35.5 Å². The van der Waals surface area contributed by atoms with E-state index in [1.807, 2.05) is 17.0 Å². The quantitative estimate of drug-likeness (QED) is 0.127. The molecule has 5 aromatic rings. The van der Waals surface area contributed by atoms with Crippen molar-refractivity contribution in [3.05, 3.63) is 93.5 Å². The predicted molar refractivity (Wildman–Crippen MR) is 272 cm³/mol. The minimum Gasteiger partial charge on any atom is -0.490 e. The summed E-state index contributed by atoms with van der Waals surface area (Å²) in [7, 11) is 1.79. The zero-order chi connectivity index (χ0) is 50.2. The van der Waals surface area contributed by atoms with Gasteiger partial charge in [-0.15, -0.1) is 10.2 Å². The van der Waals surface area contributed by atoms with Gasteiger partial charge < -0.3 is 24.8 Å². The van der Waals surface area contributed by atoms with Gasteiger partial charge in [-0.05, 0) is 138 Å². The van der Waals surface area contributed by atoms with E-state index in [-0.39, 0.29) is 35.6 Å². The third-order valence-electron chi connectivity index (χ3n) is 15.9. The van der Waals surface area contributed by atoms with Crippen LogP contribution in [0.4, 0.5) is 26.1 Å². The Balaban J connectivity index is 0.757. The number of nitrogens with one attached hydrogen (secondary N) is 1. The lowest BCUT2D eigenvalue weighted by molar-refractivity contribution is -0.129. The maximum absolute atomic E-state index is 14.8. The van der Waals surface area contributed by atoms with E-state index in [9.17, 15) is 18.4 Å². The van der Waals surface area contributed by atoms with Gasteiger partial charge in [0.1, 0.15) is 11.8 Å². The van der Waals surface area contributed by atoms with Crippen LogP contribution in [-0.4, -0.2) is 108 Å². The first-order valence-corrected chi connectivity index (χ1v) is 26.3. The molecule has 1 N–H and O–H groups in total.